The van der Waals surface area contributed by atoms with Crippen molar-refractivity contribution in [2.75, 3.05) is 6.61 Å². The Morgan fingerprint density at radius 3 is 2.65 bits per heavy atom. The van der Waals surface area contributed by atoms with E-state index in [1.54, 1.807) is 17.0 Å². The summed E-state index contributed by atoms with van der Waals surface area (Å²) < 4.78 is 10.8. The molecule has 136 valence electrons. The highest BCUT2D eigenvalue weighted by Crippen LogP contribution is 2.31. The fraction of sp³-hybridized carbons (Fsp3) is 0.444. The predicted molar refractivity (Wildman–Crippen MR) is 92.0 cm³/mol. The third-order valence-electron chi connectivity index (χ3n) is 4.43. The van der Waals surface area contributed by atoms with Gasteiger partial charge in [-0.05, 0) is 37.8 Å². The van der Waals surface area contributed by atoms with E-state index in [2.05, 4.69) is 10.2 Å². The monoisotopic (exact) mass is 375 g/mol. The van der Waals surface area contributed by atoms with E-state index in [1.165, 1.54) is 0 Å². The van der Waals surface area contributed by atoms with Crippen LogP contribution in [0.25, 0.3) is 11.5 Å². The Morgan fingerprint density at radius 1 is 1.19 bits per heavy atom. The summed E-state index contributed by atoms with van der Waals surface area (Å²) in [5, 5.41) is 8.56. The molecule has 4 rings (SSSR count). The van der Waals surface area contributed by atoms with Gasteiger partial charge in [0.25, 0.3) is 5.91 Å². The van der Waals surface area contributed by atoms with E-state index in [0.717, 1.165) is 25.7 Å². The molecule has 0 unspecified atom stereocenters. The van der Waals surface area contributed by atoms with Crippen LogP contribution in [0.15, 0.2) is 28.7 Å². The van der Waals surface area contributed by atoms with Crippen LogP contribution in [0, 0.1) is 5.92 Å². The number of benzene rings is 1. The minimum atomic E-state index is -0.284. The van der Waals surface area contributed by atoms with Gasteiger partial charge in [0, 0.05) is 6.04 Å². The zero-order valence-corrected chi connectivity index (χ0v) is 14.8. The third-order valence-corrected chi connectivity index (χ3v) is 4.76. The Kier molecular flexibility index (Phi) is 4.63. The van der Waals surface area contributed by atoms with Gasteiger partial charge in [0.15, 0.2) is 6.61 Å². The van der Waals surface area contributed by atoms with Gasteiger partial charge in [0.1, 0.15) is 0 Å². The molecule has 2 aromatic rings. The van der Waals surface area contributed by atoms with Gasteiger partial charge in [0.05, 0.1) is 23.0 Å². The van der Waals surface area contributed by atoms with Crippen molar-refractivity contribution in [3.05, 3.63) is 35.2 Å². The largest absolute Gasteiger partial charge is 0.455 e. The van der Waals surface area contributed by atoms with Gasteiger partial charge in [0.2, 0.25) is 11.8 Å². The zero-order valence-electron chi connectivity index (χ0n) is 14.1. The summed E-state index contributed by atoms with van der Waals surface area (Å²) in [4.78, 5) is 25.7. The summed E-state index contributed by atoms with van der Waals surface area (Å²) in [6.45, 7) is -0.0424. The van der Waals surface area contributed by atoms with E-state index in [4.69, 9.17) is 20.8 Å². The number of hydrogen-bond donors (Lipinski definition) is 0. The first-order valence-corrected chi connectivity index (χ1v) is 9.03. The standard InChI is InChI=1S/C18H18ClN3O4/c19-14-4-2-1-3-13(14)17-21-20-15(26-17)9-22(12-7-8-12)16(23)10-25-18(24)11-5-6-11/h1-4,11-12H,5-10H2. The highest BCUT2D eigenvalue weighted by Gasteiger charge is 2.36. The lowest BCUT2D eigenvalue weighted by Gasteiger charge is -2.20. The molecular formula is C18H18ClN3O4. The lowest BCUT2D eigenvalue weighted by molar-refractivity contribution is -0.153. The molecule has 8 heteroatoms. The van der Waals surface area contributed by atoms with Crippen LogP contribution in [0.1, 0.15) is 31.6 Å². The number of esters is 1. The Hall–Kier alpha value is -2.41. The number of carbonyl (C=O) groups excluding carboxylic acids is 2. The van der Waals surface area contributed by atoms with Crippen LogP contribution in [0.5, 0.6) is 0 Å². The molecule has 0 atom stereocenters. The summed E-state index contributed by atoms with van der Waals surface area (Å²) in [5.41, 5.74) is 0.649. The molecule has 1 aromatic heterocycles. The smallest absolute Gasteiger partial charge is 0.309 e. The van der Waals surface area contributed by atoms with E-state index < -0.39 is 0 Å². The van der Waals surface area contributed by atoms with Gasteiger partial charge in [-0.3, -0.25) is 9.59 Å². The number of hydrogen-bond acceptors (Lipinski definition) is 6. The molecule has 2 aliphatic carbocycles. The molecule has 2 aliphatic rings. The fourth-order valence-electron chi connectivity index (χ4n) is 2.67. The van der Waals surface area contributed by atoms with E-state index in [0.29, 0.717) is 22.4 Å². The van der Waals surface area contributed by atoms with Crippen molar-refractivity contribution in [3.8, 4) is 11.5 Å². The van der Waals surface area contributed by atoms with Gasteiger partial charge in [-0.1, -0.05) is 23.7 Å². The van der Waals surface area contributed by atoms with Crippen LogP contribution in [0.4, 0.5) is 0 Å². The maximum atomic E-state index is 12.4. The van der Waals surface area contributed by atoms with Crippen molar-refractivity contribution < 1.29 is 18.7 Å². The first-order valence-electron chi connectivity index (χ1n) is 8.65. The summed E-state index contributed by atoms with van der Waals surface area (Å²) >= 11 is 6.15. The maximum Gasteiger partial charge on any atom is 0.309 e. The SMILES string of the molecule is O=C(OCC(=O)N(Cc1nnc(-c2ccccc2Cl)o1)C1CC1)C1CC1. The molecular weight excluding hydrogens is 358 g/mol. The molecule has 1 aromatic carbocycles. The molecule has 0 spiro atoms. The highest BCUT2D eigenvalue weighted by atomic mass is 35.5. The van der Waals surface area contributed by atoms with Crippen molar-refractivity contribution in [2.45, 2.75) is 38.3 Å². The van der Waals surface area contributed by atoms with Crippen LogP contribution in [0.3, 0.4) is 0 Å². The van der Waals surface area contributed by atoms with Gasteiger partial charge in [-0.2, -0.15) is 0 Å². The number of rotatable bonds is 7. The predicted octanol–water partition coefficient (Wildman–Crippen LogP) is 2.83. The minimum absolute atomic E-state index is 0.0219. The first-order chi connectivity index (χ1) is 12.6. The Morgan fingerprint density at radius 2 is 1.96 bits per heavy atom. The fourth-order valence-corrected chi connectivity index (χ4v) is 2.88. The Labute approximate surface area is 155 Å². The maximum absolute atomic E-state index is 12.4. The number of amides is 1. The number of nitrogens with zero attached hydrogens (tertiary/aromatic N) is 3. The summed E-state index contributed by atoms with van der Waals surface area (Å²) in [6.07, 6.45) is 3.56. The summed E-state index contributed by atoms with van der Waals surface area (Å²) in [6, 6.07) is 7.33. The van der Waals surface area contributed by atoms with Crippen LogP contribution < -0.4 is 0 Å². The molecule has 0 bridgehead atoms. The van der Waals surface area contributed by atoms with E-state index in [9.17, 15) is 9.59 Å². The topological polar surface area (TPSA) is 85.5 Å². The van der Waals surface area contributed by atoms with Crippen molar-refractivity contribution in [2.24, 2.45) is 5.92 Å². The molecule has 0 saturated heterocycles. The van der Waals surface area contributed by atoms with Crippen molar-refractivity contribution >= 4 is 23.5 Å². The van der Waals surface area contributed by atoms with E-state index in [1.807, 2.05) is 12.1 Å². The number of aromatic nitrogens is 2. The number of carbonyl (C=O) groups is 2. The molecule has 1 heterocycles. The molecule has 2 saturated carbocycles. The molecule has 2 fully saturated rings. The van der Waals surface area contributed by atoms with Crippen molar-refractivity contribution in [1.82, 2.24) is 15.1 Å². The average Bonchev–Trinajstić information content (AvgIpc) is 3.56. The molecule has 0 N–H and O–H groups in total. The summed E-state index contributed by atoms with van der Waals surface area (Å²) in [5.74, 6) is 0.0980. The van der Waals surface area contributed by atoms with Gasteiger partial charge in [-0.15, -0.1) is 10.2 Å². The van der Waals surface area contributed by atoms with Crippen molar-refractivity contribution in [3.63, 3.8) is 0 Å². The summed E-state index contributed by atoms with van der Waals surface area (Å²) in [7, 11) is 0. The molecule has 1 amide bonds. The van der Waals surface area contributed by atoms with Crippen LogP contribution in [0.2, 0.25) is 5.02 Å². The third kappa shape index (κ3) is 3.88. The molecule has 0 radical (unpaired) electrons. The number of ether oxygens (including phenoxy) is 1. The van der Waals surface area contributed by atoms with Crippen molar-refractivity contribution in [1.29, 1.82) is 0 Å². The Bertz CT molecular complexity index is 829. The molecule has 7 nitrogen and oxygen atoms in total. The molecule has 0 aliphatic heterocycles. The van der Waals surface area contributed by atoms with Gasteiger partial charge < -0.3 is 14.1 Å². The first kappa shape index (κ1) is 17.0. The zero-order chi connectivity index (χ0) is 18.1. The van der Waals surface area contributed by atoms with Gasteiger partial charge >= 0.3 is 5.97 Å². The second-order valence-corrected chi connectivity index (χ2v) is 7.02. The van der Waals surface area contributed by atoms with Crippen LogP contribution in [-0.4, -0.2) is 39.6 Å². The quantitative estimate of drug-likeness (QED) is 0.692. The Balaban J connectivity index is 1.41. The van der Waals surface area contributed by atoms with E-state index >= 15 is 0 Å². The van der Waals surface area contributed by atoms with Gasteiger partial charge in [-0.25, -0.2) is 0 Å². The minimum Gasteiger partial charge on any atom is -0.455 e. The highest BCUT2D eigenvalue weighted by molar-refractivity contribution is 6.33. The number of halogens is 1. The van der Waals surface area contributed by atoms with Crippen LogP contribution in [-0.2, 0) is 20.9 Å². The average molecular weight is 376 g/mol. The second-order valence-electron chi connectivity index (χ2n) is 6.62. The van der Waals surface area contributed by atoms with E-state index in [-0.39, 0.29) is 37.0 Å². The second kappa shape index (κ2) is 7.07. The molecule has 26 heavy (non-hydrogen) atoms. The lowest BCUT2D eigenvalue weighted by atomic mass is 10.2. The normalized spacial score (nSPS) is 16.3. The van der Waals surface area contributed by atoms with Crippen LogP contribution >= 0.6 is 11.6 Å². The lowest BCUT2D eigenvalue weighted by Crippen LogP contribution is -2.36.